The predicted octanol–water partition coefficient (Wildman–Crippen LogP) is 2.02. The molecule has 134 valence electrons. The third-order valence-electron chi connectivity index (χ3n) is 4.95. The summed E-state index contributed by atoms with van der Waals surface area (Å²) in [6.07, 6.45) is 5.45. The number of amides is 1. The predicted molar refractivity (Wildman–Crippen MR) is 91.0 cm³/mol. The first-order chi connectivity index (χ1) is 10.7. The molecule has 0 spiro atoms. The zero-order valence-corrected chi connectivity index (χ0v) is 15.1. The van der Waals surface area contributed by atoms with E-state index in [4.69, 9.17) is 4.74 Å². The fourth-order valence-corrected chi connectivity index (χ4v) is 3.13. The van der Waals surface area contributed by atoms with Gasteiger partial charge in [-0.15, -0.1) is 0 Å². The summed E-state index contributed by atoms with van der Waals surface area (Å²) in [5.74, 6) is 0.136. The molecule has 1 aliphatic rings. The Kier molecular flexibility index (Phi) is 7.71. The maximum Gasteiger partial charge on any atom is 0.244 e. The standard InChI is InChI=1S/C18H33NO4/c1-6-12(3)15(11-20)19-16(21)8-9-18(5,22)17-13(4)10-14(7-2)23-17/h8-9,12-15,17,20,22H,6-7,10-11H2,1-5H3,(H,19,21). The minimum Gasteiger partial charge on any atom is -0.394 e. The van der Waals surface area contributed by atoms with E-state index in [1.54, 1.807) is 6.92 Å². The first-order valence-electron chi connectivity index (χ1n) is 8.73. The summed E-state index contributed by atoms with van der Waals surface area (Å²) < 4.78 is 5.90. The molecule has 0 aliphatic carbocycles. The van der Waals surface area contributed by atoms with Gasteiger partial charge in [0.1, 0.15) is 5.60 Å². The van der Waals surface area contributed by atoms with Crippen molar-refractivity contribution in [1.29, 1.82) is 0 Å². The Bertz CT molecular complexity index is 408. The molecule has 6 unspecified atom stereocenters. The maximum atomic E-state index is 12.0. The van der Waals surface area contributed by atoms with Crippen molar-refractivity contribution in [2.45, 2.75) is 77.7 Å². The largest absolute Gasteiger partial charge is 0.394 e. The lowest BCUT2D eigenvalue weighted by molar-refractivity contribution is -0.118. The van der Waals surface area contributed by atoms with E-state index in [0.29, 0.717) is 0 Å². The van der Waals surface area contributed by atoms with Crippen LogP contribution in [0.3, 0.4) is 0 Å². The van der Waals surface area contributed by atoms with Gasteiger partial charge in [0, 0.05) is 6.08 Å². The minimum absolute atomic E-state index is 0.0913. The van der Waals surface area contributed by atoms with Crippen molar-refractivity contribution in [2.75, 3.05) is 6.61 Å². The normalized spacial score (nSPS) is 30.1. The topological polar surface area (TPSA) is 78.8 Å². The number of aliphatic hydroxyl groups is 2. The second-order valence-corrected chi connectivity index (χ2v) is 7.04. The second kappa shape index (κ2) is 8.81. The van der Waals surface area contributed by atoms with Gasteiger partial charge in [-0.25, -0.2) is 0 Å². The lowest BCUT2D eigenvalue weighted by Crippen LogP contribution is -2.43. The number of carbonyl (C=O) groups is 1. The Balaban J connectivity index is 2.65. The van der Waals surface area contributed by atoms with Gasteiger partial charge in [-0.05, 0) is 37.7 Å². The summed E-state index contributed by atoms with van der Waals surface area (Å²) >= 11 is 0. The average molecular weight is 327 g/mol. The van der Waals surface area contributed by atoms with Crippen LogP contribution in [0, 0.1) is 11.8 Å². The lowest BCUT2D eigenvalue weighted by Gasteiger charge is -2.29. The number of hydrogen-bond donors (Lipinski definition) is 3. The molecule has 1 rings (SSSR count). The molecule has 6 atom stereocenters. The van der Waals surface area contributed by atoms with Gasteiger partial charge in [0.15, 0.2) is 0 Å². The fraction of sp³-hybridized carbons (Fsp3) is 0.833. The van der Waals surface area contributed by atoms with Crippen LogP contribution >= 0.6 is 0 Å². The Labute approximate surface area is 140 Å². The Morgan fingerprint density at radius 3 is 2.61 bits per heavy atom. The molecule has 23 heavy (non-hydrogen) atoms. The summed E-state index contributed by atoms with van der Waals surface area (Å²) in [7, 11) is 0. The Morgan fingerprint density at radius 1 is 1.48 bits per heavy atom. The molecule has 0 radical (unpaired) electrons. The van der Waals surface area contributed by atoms with E-state index in [9.17, 15) is 15.0 Å². The van der Waals surface area contributed by atoms with Gasteiger partial charge in [-0.3, -0.25) is 4.79 Å². The summed E-state index contributed by atoms with van der Waals surface area (Å²) in [6.45, 7) is 9.72. The van der Waals surface area contributed by atoms with Crippen molar-refractivity contribution in [3.63, 3.8) is 0 Å². The SMILES string of the molecule is CCC1CC(C)C(C(C)(O)C=CC(=O)NC(CO)C(C)CC)O1. The van der Waals surface area contributed by atoms with E-state index in [-0.39, 0.29) is 42.6 Å². The molecule has 0 aromatic rings. The summed E-state index contributed by atoms with van der Waals surface area (Å²) in [5.41, 5.74) is -1.19. The highest BCUT2D eigenvalue weighted by molar-refractivity contribution is 5.87. The van der Waals surface area contributed by atoms with Gasteiger partial charge in [0.25, 0.3) is 0 Å². The molecule has 1 amide bonds. The van der Waals surface area contributed by atoms with Crippen LogP contribution in [-0.2, 0) is 9.53 Å². The molecule has 3 N–H and O–H groups in total. The van der Waals surface area contributed by atoms with E-state index in [2.05, 4.69) is 19.2 Å². The van der Waals surface area contributed by atoms with Crippen LogP contribution in [0.2, 0.25) is 0 Å². The zero-order chi connectivity index (χ0) is 17.6. The van der Waals surface area contributed by atoms with Crippen LogP contribution in [-0.4, -0.2) is 46.6 Å². The lowest BCUT2D eigenvalue weighted by atomic mass is 9.88. The molecule has 0 aromatic carbocycles. The van der Waals surface area contributed by atoms with Gasteiger partial charge < -0.3 is 20.3 Å². The van der Waals surface area contributed by atoms with Crippen LogP contribution in [0.15, 0.2) is 12.2 Å². The van der Waals surface area contributed by atoms with E-state index >= 15 is 0 Å². The van der Waals surface area contributed by atoms with Gasteiger partial charge in [0.2, 0.25) is 5.91 Å². The highest BCUT2D eigenvalue weighted by atomic mass is 16.5. The van der Waals surface area contributed by atoms with Gasteiger partial charge in [-0.1, -0.05) is 34.1 Å². The third kappa shape index (κ3) is 5.59. The monoisotopic (exact) mass is 327 g/mol. The fourth-order valence-electron chi connectivity index (χ4n) is 3.13. The minimum atomic E-state index is -1.19. The molecule has 0 aromatic heterocycles. The van der Waals surface area contributed by atoms with Gasteiger partial charge in [0.05, 0.1) is 24.9 Å². The number of hydrogen-bond acceptors (Lipinski definition) is 4. The van der Waals surface area contributed by atoms with Crippen LogP contribution < -0.4 is 5.32 Å². The maximum absolute atomic E-state index is 12.0. The van der Waals surface area contributed by atoms with Gasteiger partial charge >= 0.3 is 0 Å². The van der Waals surface area contributed by atoms with Crippen LogP contribution in [0.5, 0.6) is 0 Å². The molecule has 1 heterocycles. The van der Waals surface area contributed by atoms with Crippen molar-refractivity contribution < 1.29 is 19.7 Å². The van der Waals surface area contributed by atoms with Crippen molar-refractivity contribution >= 4 is 5.91 Å². The number of ether oxygens (including phenoxy) is 1. The first kappa shape index (κ1) is 20.1. The van der Waals surface area contributed by atoms with Crippen molar-refractivity contribution in [2.24, 2.45) is 11.8 Å². The summed E-state index contributed by atoms with van der Waals surface area (Å²) in [5, 5.41) is 22.8. The highest BCUT2D eigenvalue weighted by Gasteiger charge is 2.41. The second-order valence-electron chi connectivity index (χ2n) is 7.04. The Morgan fingerprint density at radius 2 is 2.13 bits per heavy atom. The average Bonchev–Trinajstić information content (AvgIpc) is 2.92. The van der Waals surface area contributed by atoms with Crippen LogP contribution in [0.1, 0.15) is 53.9 Å². The summed E-state index contributed by atoms with van der Waals surface area (Å²) in [4.78, 5) is 12.0. The number of rotatable bonds is 8. The van der Waals surface area contributed by atoms with Crippen LogP contribution in [0.25, 0.3) is 0 Å². The van der Waals surface area contributed by atoms with Crippen LogP contribution in [0.4, 0.5) is 0 Å². The molecule has 5 nitrogen and oxygen atoms in total. The van der Waals surface area contributed by atoms with E-state index in [1.165, 1.54) is 12.2 Å². The molecule has 0 bridgehead atoms. The van der Waals surface area contributed by atoms with Crippen molar-refractivity contribution in [1.82, 2.24) is 5.32 Å². The molecule has 0 saturated carbocycles. The van der Waals surface area contributed by atoms with E-state index in [0.717, 1.165) is 19.3 Å². The molecule has 1 aliphatic heterocycles. The molecule has 5 heteroatoms. The molecule has 1 fully saturated rings. The summed E-state index contributed by atoms with van der Waals surface area (Å²) in [6, 6.07) is -0.270. The molecular weight excluding hydrogens is 294 g/mol. The zero-order valence-electron chi connectivity index (χ0n) is 15.1. The highest BCUT2D eigenvalue weighted by Crippen LogP contribution is 2.34. The third-order valence-corrected chi connectivity index (χ3v) is 4.95. The molecule has 1 saturated heterocycles. The van der Waals surface area contributed by atoms with Crippen molar-refractivity contribution in [3.05, 3.63) is 12.2 Å². The molecular formula is C18H33NO4. The van der Waals surface area contributed by atoms with Crippen molar-refractivity contribution in [3.8, 4) is 0 Å². The smallest absolute Gasteiger partial charge is 0.244 e. The van der Waals surface area contributed by atoms with E-state index < -0.39 is 5.60 Å². The Hall–Kier alpha value is -0.910. The quantitative estimate of drug-likeness (QED) is 0.596. The number of aliphatic hydroxyl groups excluding tert-OH is 1. The first-order valence-corrected chi connectivity index (χ1v) is 8.73. The van der Waals surface area contributed by atoms with Gasteiger partial charge in [-0.2, -0.15) is 0 Å². The van der Waals surface area contributed by atoms with E-state index in [1.807, 2.05) is 13.8 Å². The number of nitrogens with one attached hydrogen (secondary N) is 1. The number of carbonyl (C=O) groups excluding carboxylic acids is 1.